The van der Waals surface area contributed by atoms with Crippen molar-refractivity contribution >= 4 is 12.0 Å². The summed E-state index contributed by atoms with van der Waals surface area (Å²) in [5.41, 5.74) is 5.96. The zero-order valence-corrected chi connectivity index (χ0v) is 15.7. The van der Waals surface area contributed by atoms with Crippen LogP contribution < -0.4 is 0 Å². The molecule has 3 aromatic rings. The lowest BCUT2D eigenvalue weighted by molar-refractivity contribution is 0.0526. The fourth-order valence-electron chi connectivity index (χ4n) is 3.73. The number of fused-ring (bicyclic) bond motifs is 1. The number of carbonyl (C=O) groups is 1. The van der Waals surface area contributed by atoms with E-state index in [4.69, 9.17) is 10.00 Å². The van der Waals surface area contributed by atoms with Gasteiger partial charge in [-0.2, -0.15) is 5.26 Å². The second-order valence-corrected chi connectivity index (χ2v) is 6.61. The second kappa shape index (κ2) is 7.58. The van der Waals surface area contributed by atoms with Crippen molar-refractivity contribution in [3.8, 4) is 23.0 Å². The third-order valence-corrected chi connectivity index (χ3v) is 4.93. The highest BCUT2D eigenvalue weighted by atomic mass is 16.5. The number of aromatic nitrogens is 1. The molecule has 0 aliphatic heterocycles. The smallest absolute Gasteiger partial charge is 0.340 e. The zero-order chi connectivity index (χ0) is 19.5. The lowest BCUT2D eigenvalue weighted by Gasteiger charge is -2.14. The average molecular weight is 368 g/mol. The van der Waals surface area contributed by atoms with Gasteiger partial charge < -0.3 is 9.30 Å². The Kier molecular flexibility index (Phi) is 4.82. The van der Waals surface area contributed by atoms with Crippen LogP contribution in [0.5, 0.6) is 0 Å². The summed E-state index contributed by atoms with van der Waals surface area (Å²) in [6, 6.07) is 19.5. The van der Waals surface area contributed by atoms with E-state index in [-0.39, 0.29) is 5.97 Å². The van der Waals surface area contributed by atoms with Gasteiger partial charge in [-0.25, -0.2) is 4.79 Å². The molecule has 1 aromatic heterocycles. The molecule has 0 radical (unpaired) electrons. The third kappa shape index (κ3) is 3.01. The Hall–Kier alpha value is -3.58. The number of benzene rings is 2. The largest absolute Gasteiger partial charge is 0.462 e. The third-order valence-electron chi connectivity index (χ3n) is 4.93. The van der Waals surface area contributed by atoms with Gasteiger partial charge in [0.1, 0.15) is 0 Å². The number of nitrogens with zero attached hydrogens (tertiary/aromatic N) is 2. The molecule has 0 saturated carbocycles. The highest BCUT2D eigenvalue weighted by molar-refractivity contribution is 6.00. The van der Waals surface area contributed by atoms with E-state index in [9.17, 15) is 4.79 Å². The minimum Gasteiger partial charge on any atom is -0.462 e. The first kappa shape index (κ1) is 17.8. The molecule has 0 spiro atoms. The molecule has 1 heterocycles. The van der Waals surface area contributed by atoms with Gasteiger partial charge in [0.2, 0.25) is 0 Å². The Bertz CT molecular complexity index is 1080. The topological polar surface area (TPSA) is 55.0 Å². The van der Waals surface area contributed by atoms with Crippen LogP contribution >= 0.6 is 0 Å². The molecule has 4 rings (SSSR count). The molecule has 2 aromatic carbocycles. The number of rotatable bonds is 4. The van der Waals surface area contributed by atoms with Crippen molar-refractivity contribution < 1.29 is 9.53 Å². The van der Waals surface area contributed by atoms with Gasteiger partial charge in [0.05, 0.1) is 35.2 Å². The SMILES string of the molecule is CCOC(=O)c1c2c(n(-c3ccc(C#N)cc3)c1-c1ccccc1)C=CCC2. The molecule has 138 valence electrons. The van der Waals surface area contributed by atoms with Crippen LogP contribution in [0.25, 0.3) is 23.0 Å². The summed E-state index contributed by atoms with van der Waals surface area (Å²) in [4.78, 5) is 13.0. The van der Waals surface area contributed by atoms with Crippen molar-refractivity contribution in [1.82, 2.24) is 4.57 Å². The maximum atomic E-state index is 13.0. The van der Waals surface area contributed by atoms with Crippen LogP contribution in [0, 0.1) is 11.3 Å². The van der Waals surface area contributed by atoms with Crippen LogP contribution in [-0.2, 0) is 11.2 Å². The van der Waals surface area contributed by atoms with E-state index in [1.54, 1.807) is 12.1 Å². The average Bonchev–Trinajstić information content (AvgIpc) is 3.10. The number of ether oxygens (including phenoxy) is 1. The van der Waals surface area contributed by atoms with Crippen LogP contribution in [0.2, 0.25) is 0 Å². The quantitative estimate of drug-likeness (QED) is 0.598. The molecule has 4 heteroatoms. The summed E-state index contributed by atoms with van der Waals surface area (Å²) in [6.07, 6.45) is 5.90. The van der Waals surface area contributed by atoms with Gasteiger partial charge in [-0.05, 0) is 61.2 Å². The molecule has 0 atom stereocenters. The van der Waals surface area contributed by atoms with Crippen LogP contribution in [0.1, 0.15) is 40.5 Å². The Morgan fingerprint density at radius 1 is 1.14 bits per heavy atom. The van der Waals surface area contributed by atoms with Crippen LogP contribution in [0.4, 0.5) is 0 Å². The van der Waals surface area contributed by atoms with E-state index in [1.165, 1.54) is 0 Å². The first-order chi connectivity index (χ1) is 13.7. The second-order valence-electron chi connectivity index (χ2n) is 6.61. The van der Waals surface area contributed by atoms with E-state index in [0.717, 1.165) is 41.0 Å². The maximum Gasteiger partial charge on any atom is 0.340 e. The van der Waals surface area contributed by atoms with Gasteiger partial charge >= 0.3 is 5.97 Å². The van der Waals surface area contributed by atoms with Crippen molar-refractivity contribution in [1.29, 1.82) is 5.26 Å². The predicted octanol–water partition coefficient (Wildman–Crippen LogP) is 5.15. The summed E-state index contributed by atoms with van der Waals surface area (Å²) in [5.74, 6) is -0.291. The molecular formula is C24H20N2O2. The fraction of sp³-hybridized carbons (Fsp3) is 0.167. The number of allylic oxidation sites excluding steroid dienone is 1. The van der Waals surface area contributed by atoms with E-state index < -0.39 is 0 Å². The molecule has 0 N–H and O–H groups in total. The van der Waals surface area contributed by atoms with Crippen LogP contribution in [0.15, 0.2) is 60.7 Å². The number of hydrogen-bond acceptors (Lipinski definition) is 3. The van der Waals surface area contributed by atoms with Crippen molar-refractivity contribution in [2.45, 2.75) is 19.8 Å². The lowest BCUT2D eigenvalue weighted by Crippen LogP contribution is -2.09. The van der Waals surface area contributed by atoms with E-state index in [1.807, 2.05) is 49.4 Å². The Balaban J connectivity index is 2.05. The van der Waals surface area contributed by atoms with E-state index in [0.29, 0.717) is 17.7 Å². The van der Waals surface area contributed by atoms with Crippen molar-refractivity contribution in [2.24, 2.45) is 0 Å². The van der Waals surface area contributed by atoms with Crippen LogP contribution in [0.3, 0.4) is 0 Å². The molecule has 0 saturated heterocycles. The van der Waals surface area contributed by atoms with Gasteiger partial charge in [-0.15, -0.1) is 0 Å². The summed E-state index contributed by atoms with van der Waals surface area (Å²) in [7, 11) is 0. The predicted molar refractivity (Wildman–Crippen MR) is 109 cm³/mol. The number of nitriles is 1. The normalized spacial score (nSPS) is 12.3. The van der Waals surface area contributed by atoms with Crippen molar-refractivity contribution in [3.05, 3.63) is 83.1 Å². The summed E-state index contributed by atoms with van der Waals surface area (Å²) < 4.78 is 7.53. The molecular weight excluding hydrogens is 348 g/mol. The standard InChI is InChI=1S/C24H20N2O2/c1-2-28-24(27)22-20-10-6-7-11-21(20)26(19-14-12-17(16-25)13-15-19)23(22)18-8-4-3-5-9-18/h3-5,7-9,11-15H,2,6,10H2,1H3. The molecule has 0 fully saturated rings. The van der Waals surface area contributed by atoms with Gasteiger partial charge in [0, 0.05) is 5.69 Å². The Morgan fingerprint density at radius 3 is 2.57 bits per heavy atom. The van der Waals surface area contributed by atoms with Gasteiger partial charge in [0.25, 0.3) is 0 Å². The number of carbonyl (C=O) groups excluding carboxylic acids is 1. The van der Waals surface area contributed by atoms with E-state index >= 15 is 0 Å². The summed E-state index contributed by atoms with van der Waals surface area (Å²) in [6.45, 7) is 2.16. The molecule has 0 bridgehead atoms. The summed E-state index contributed by atoms with van der Waals surface area (Å²) >= 11 is 0. The number of esters is 1. The number of hydrogen-bond donors (Lipinski definition) is 0. The molecule has 1 aliphatic rings. The van der Waals surface area contributed by atoms with Crippen LogP contribution in [-0.4, -0.2) is 17.1 Å². The van der Waals surface area contributed by atoms with Gasteiger partial charge in [-0.1, -0.05) is 36.4 Å². The van der Waals surface area contributed by atoms with Gasteiger partial charge in [-0.3, -0.25) is 0 Å². The van der Waals surface area contributed by atoms with Crippen molar-refractivity contribution in [3.63, 3.8) is 0 Å². The molecule has 28 heavy (non-hydrogen) atoms. The Morgan fingerprint density at radius 2 is 1.89 bits per heavy atom. The highest BCUT2D eigenvalue weighted by Crippen LogP contribution is 2.38. The Labute approximate surface area is 164 Å². The lowest BCUT2D eigenvalue weighted by atomic mass is 9.97. The maximum absolute atomic E-state index is 13.0. The summed E-state index contributed by atoms with van der Waals surface area (Å²) in [5, 5.41) is 9.13. The first-order valence-corrected chi connectivity index (χ1v) is 9.41. The molecule has 0 unspecified atom stereocenters. The molecule has 0 amide bonds. The highest BCUT2D eigenvalue weighted by Gasteiger charge is 2.29. The fourth-order valence-corrected chi connectivity index (χ4v) is 3.73. The monoisotopic (exact) mass is 368 g/mol. The van der Waals surface area contributed by atoms with Crippen molar-refractivity contribution in [2.75, 3.05) is 6.61 Å². The minimum absolute atomic E-state index is 0.291. The minimum atomic E-state index is -0.291. The van der Waals surface area contributed by atoms with E-state index in [2.05, 4.69) is 22.8 Å². The molecule has 1 aliphatic carbocycles. The van der Waals surface area contributed by atoms with Gasteiger partial charge in [0.15, 0.2) is 0 Å². The molecule has 4 nitrogen and oxygen atoms in total. The first-order valence-electron chi connectivity index (χ1n) is 9.41. The zero-order valence-electron chi connectivity index (χ0n) is 15.7.